The summed E-state index contributed by atoms with van der Waals surface area (Å²) in [6.45, 7) is 0.248. The molecule has 1 aromatic heterocycles. The minimum Gasteiger partial charge on any atom is -0.394 e. The molecule has 8 nitrogen and oxygen atoms in total. The number of nitrogens with zero attached hydrogens (tertiary/aromatic N) is 3. The number of hydroxylamine groups is 1. The molecule has 0 spiro atoms. The van der Waals surface area contributed by atoms with E-state index in [4.69, 9.17) is 14.7 Å². The molecule has 2 aliphatic rings. The van der Waals surface area contributed by atoms with Crippen molar-refractivity contribution < 1.29 is 19.8 Å². The summed E-state index contributed by atoms with van der Waals surface area (Å²) < 4.78 is 6.86. The first kappa shape index (κ1) is 13.5. The Balaban J connectivity index is 1.93. The summed E-state index contributed by atoms with van der Waals surface area (Å²) in [7, 11) is 1.70. The molecular weight excluding hydrogens is 266 g/mol. The number of anilines is 1. The van der Waals surface area contributed by atoms with Crippen LogP contribution < -0.4 is 10.8 Å². The minimum absolute atomic E-state index is 0.262. The Morgan fingerprint density at radius 1 is 1.55 bits per heavy atom. The Labute approximate surface area is 115 Å². The SMILES string of the molecule is CN1OCCc2cn([C@H]3C[C@H](O)[C@@H](CO)O3)c(=O)nc21. The Morgan fingerprint density at radius 3 is 3.05 bits per heavy atom. The standard InChI is InChI=1S/C12H17N3O5/c1-14-11-7(2-3-19-14)5-15(12(18)13-11)10-4-8(17)9(6-16)20-10/h5,8-10,16-17H,2-4,6H2,1H3/t8-,9+,10+/m0/s1. The van der Waals surface area contributed by atoms with Crippen LogP contribution in [0.15, 0.2) is 11.0 Å². The first-order valence-electron chi connectivity index (χ1n) is 6.53. The van der Waals surface area contributed by atoms with E-state index in [2.05, 4.69) is 4.98 Å². The molecule has 20 heavy (non-hydrogen) atoms. The van der Waals surface area contributed by atoms with E-state index in [0.29, 0.717) is 18.8 Å². The quantitative estimate of drug-likeness (QED) is 0.704. The summed E-state index contributed by atoms with van der Waals surface area (Å²) in [6, 6.07) is 0. The van der Waals surface area contributed by atoms with Gasteiger partial charge in [-0.1, -0.05) is 0 Å². The average molecular weight is 283 g/mol. The van der Waals surface area contributed by atoms with E-state index in [1.54, 1.807) is 13.2 Å². The Hall–Kier alpha value is -1.48. The maximum absolute atomic E-state index is 12.1. The van der Waals surface area contributed by atoms with Crippen LogP contribution >= 0.6 is 0 Å². The lowest BCUT2D eigenvalue weighted by Gasteiger charge is -2.26. The first-order valence-corrected chi connectivity index (χ1v) is 6.53. The van der Waals surface area contributed by atoms with E-state index in [0.717, 1.165) is 5.56 Å². The number of hydrogen-bond acceptors (Lipinski definition) is 7. The van der Waals surface area contributed by atoms with Crippen molar-refractivity contribution in [2.75, 3.05) is 25.3 Å². The normalized spacial score (nSPS) is 29.6. The lowest BCUT2D eigenvalue weighted by molar-refractivity contribution is -0.0460. The molecule has 0 aromatic carbocycles. The fourth-order valence-corrected chi connectivity index (χ4v) is 2.56. The number of ether oxygens (including phenoxy) is 1. The van der Waals surface area contributed by atoms with Crippen molar-refractivity contribution in [1.82, 2.24) is 9.55 Å². The molecule has 1 aromatic rings. The maximum atomic E-state index is 12.1. The van der Waals surface area contributed by atoms with E-state index >= 15 is 0 Å². The molecule has 0 bridgehead atoms. The van der Waals surface area contributed by atoms with Crippen molar-refractivity contribution >= 4 is 5.82 Å². The molecule has 0 amide bonds. The molecule has 1 fully saturated rings. The van der Waals surface area contributed by atoms with Gasteiger partial charge in [-0.3, -0.25) is 9.40 Å². The van der Waals surface area contributed by atoms with Crippen LogP contribution in [0.5, 0.6) is 0 Å². The van der Waals surface area contributed by atoms with Gasteiger partial charge in [-0.2, -0.15) is 4.98 Å². The molecule has 0 saturated carbocycles. The second kappa shape index (κ2) is 5.13. The largest absolute Gasteiger partial charge is 0.394 e. The van der Waals surface area contributed by atoms with Gasteiger partial charge in [-0.05, 0) is 0 Å². The highest BCUT2D eigenvalue weighted by Gasteiger charge is 2.35. The second-order valence-electron chi connectivity index (χ2n) is 4.98. The first-order chi connectivity index (χ1) is 9.60. The molecule has 3 heterocycles. The van der Waals surface area contributed by atoms with Crippen molar-refractivity contribution in [1.29, 1.82) is 0 Å². The summed E-state index contributed by atoms with van der Waals surface area (Å²) >= 11 is 0. The van der Waals surface area contributed by atoms with Gasteiger partial charge in [0.25, 0.3) is 0 Å². The number of rotatable bonds is 2. The van der Waals surface area contributed by atoms with Crippen LogP contribution in [0.25, 0.3) is 0 Å². The average Bonchev–Trinajstić information content (AvgIpc) is 2.80. The van der Waals surface area contributed by atoms with Gasteiger partial charge in [-0.15, -0.1) is 0 Å². The van der Waals surface area contributed by atoms with Gasteiger partial charge in [-0.25, -0.2) is 9.86 Å². The fourth-order valence-electron chi connectivity index (χ4n) is 2.56. The molecule has 0 radical (unpaired) electrons. The van der Waals surface area contributed by atoms with Gasteiger partial charge < -0.3 is 14.9 Å². The van der Waals surface area contributed by atoms with Crippen LogP contribution in [-0.2, 0) is 16.0 Å². The third kappa shape index (κ3) is 2.20. The molecule has 0 aliphatic carbocycles. The molecule has 3 atom stereocenters. The van der Waals surface area contributed by atoms with Gasteiger partial charge in [0.05, 0.1) is 19.3 Å². The van der Waals surface area contributed by atoms with Crippen molar-refractivity contribution in [2.45, 2.75) is 31.3 Å². The van der Waals surface area contributed by atoms with Gasteiger partial charge in [0.1, 0.15) is 12.3 Å². The highest BCUT2D eigenvalue weighted by atomic mass is 16.7. The zero-order valence-corrected chi connectivity index (χ0v) is 11.1. The molecule has 3 rings (SSSR count). The molecule has 2 N–H and O–H groups in total. The number of fused-ring (bicyclic) bond motifs is 1. The van der Waals surface area contributed by atoms with Crippen molar-refractivity contribution in [2.24, 2.45) is 0 Å². The third-order valence-electron chi connectivity index (χ3n) is 3.65. The maximum Gasteiger partial charge on any atom is 0.351 e. The molecule has 1 saturated heterocycles. The summed E-state index contributed by atoms with van der Waals surface area (Å²) in [4.78, 5) is 21.4. The van der Waals surface area contributed by atoms with E-state index in [-0.39, 0.29) is 13.0 Å². The van der Waals surface area contributed by atoms with Crippen LogP contribution in [-0.4, -0.2) is 52.2 Å². The monoisotopic (exact) mass is 283 g/mol. The zero-order valence-electron chi connectivity index (χ0n) is 11.1. The van der Waals surface area contributed by atoms with E-state index in [9.17, 15) is 9.90 Å². The Kier molecular flexibility index (Phi) is 3.47. The van der Waals surface area contributed by atoms with E-state index < -0.39 is 24.1 Å². The molecular formula is C12H17N3O5. The van der Waals surface area contributed by atoms with Crippen LogP contribution in [0.4, 0.5) is 5.82 Å². The minimum atomic E-state index is -0.779. The molecule has 0 unspecified atom stereocenters. The molecule has 2 aliphatic heterocycles. The molecule has 8 heteroatoms. The van der Waals surface area contributed by atoms with Gasteiger partial charge >= 0.3 is 5.69 Å². The Morgan fingerprint density at radius 2 is 2.35 bits per heavy atom. The third-order valence-corrected chi connectivity index (χ3v) is 3.65. The summed E-state index contributed by atoms with van der Waals surface area (Å²) in [5.74, 6) is 0.509. The molecule has 110 valence electrons. The number of hydrogen-bond donors (Lipinski definition) is 2. The number of aliphatic hydroxyl groups excluding tert-OH is 2. The Bertz CT molecular complexity index is 561. The second-order valence-corrected chi connectivity index (χ2v) is 4.98. The zero-order chi connectivity index (χ0) is 14.3. The van der Waals surface area contributed by atoms with Gasteiger partial charge in [0.2, 0.25) is 0 Å². The van der Waals surface area contributed by atoms with E-state index in [1.807, 2.05) is 0 Å². The van der Waals surface area contributed by atoms with Crippen molar-refractivity contribution in [3.8, 4) is 0 Å². The van der Waals surface area contributed by atoms with E-state index in [1.165, 1.54) is 9.63 Å². The summed E-state index contributed by atoms with van der Waals surface area (Å²) in [6.07, 6.45) is 0.582. The predicted molar refractivity (Wildman–Crippen MR) is 68.2 cm³/mol. The van der Waals surface area contributed by atoms with Crippen LogP contribution in [0, 0.1) is 0 Å². The summed E-state index contributed by atoms with van der Waals surface area (Å²) in [5, 5.41) is 20.3. The van der Waals surface area contributed by atoms with Gasteiger partial charge in [0.15, 0.2) is 5.82 Å². The van der Waals surface area contributed by atoms with Crippen molar-refractivity contribution in [3.63, 3.8) is 0 Å². The summed E-state index contributed by atoms with van der Waals surface area (Å²) in [5.41, 5.74) is 0.431. The fraction of sp³-hybridized carbons (Fsp3) is 0.667. The number of aliphatic hydroxyl groups is 2. The lowest BCUT2D eigenvalue weighted by atomic mass is 10.2. The topological polar surface area (TPSA) is 97.0 Å². The highest BCUT2D eigenvalue weighted by Crippen LogP contribution is 2.29. The smallest absolute Gasteiger partial charge is 0.351 e. The van der Waals surface area contributed by atoms with Gasteiger partial charge in [0, 0.05) is 31.6 Å². The lowest BCUT2D eigenvalue weighted by Crippen LogP contribution is -2.34. The number of aromatic nitrogens is 2. The highest BCUT2D eigenvalue weighted by molar-refractivity contribution is 5.43. The van der Waals surface area contributed by atoms with Crippen molar-refractivity contribution in [3.05, 3.63) is 22.2 Å². The van der Waals surface area contributed by atoms with Crippen LogP contribution in [0.1, 0.15) is 18.2 Å². The van der Waals surface area contributed by atoms with Crippen LogP contribution in [0.2, 0.25) is 0 Å². The van der Waals surface area contributed by atoms with Crippen LogP contribution in [0.3, 0.4) is 0 Å². The predicted octanol–water partition coefficient (Wildman–Crippen LogP) is -1.19.